The molecule has 0 saturated carbocycles. The molecule has 1 N–H and O–H groups in total. The molecule has 96 valence electrons. The zero-order valence-electron chi connectivity index (χ0n) is 11.7. The van der Waals surface area contributed by atoms with Gasteiger partial charge in [0.2, 0.25) is 0 Å². The van der Waals surface area contributed by atoms with Crippen LogP contribution in [0.3, 0.4) is 0 Å². The van der Waals surface area contributed by atoms with Gasteiger partial charge >= 0.3 is 0 Å². The van der Waals surface area contributed by atoms with Gasteiger partial charge in [-0.05, 0) is 38.0 Å². The maximum atomic E-state index is 10.9. The lowest BCUT2D eigenvalue weighted by atomic mass is 9.86. The average Bonchev–Trinajstić information content (AvgIpc) is 2.70. The van der Waals surface area contributed by atoms with E-state index in [-0.39, 0.29) is 5.41 Å². The quantitative estimate of drug-likeness (QED) is 0.792. The predicted molar refractivity (Wildman–Crippen MR) is 75.1 cm³/mol. The summed E-state index contributed by atoms with van der Waals surface area (Å²) in [5, 5.41) is 0. The summed E-state index contributed by atoms with van der Waals surface area (Å²) in [5.74, 6) is 0. The lowest BCUT2D eigenvalue weighted by Gasteiger charge is -2.15. The van der Waals surface area contributed by atoms with Gasteiger partial charge in [-0.2, -0.15) is 0 Å². The summed E-state index contributed by atoms with van der Waals surface area (Å²) < 4.78 is 0. The third kappa shape index (κ3) is 2.05. The van der Waals surface area contributed by atoms with Crippen molar-refractivity contribution >= 4 is 18.1 Å². The van der Waals surface area contributed by atoms with Gasteiger partial charge in [-0.25, -0.2) is 0 Å². The minimum Gasteiger partial charge on any atom is -0.352 e. The number of aromatic amines is 1. The SMILES string of the molecule is CC1=N/C(=C/c2[nH]c(C=O)c(C)c2C)CC1(C)C. The van der Waals surface area contributed by atoms with Gasteiger partial charge < -0.3 is 4.98 Å². The van der Waals surface area contributed by atoms with Gasteiger partial charge in [-0.3, -0.25) is 9.79 Å². The zero-order chi connectivity index (χ0) is 13.5. The Kier molecular flexibility index (Phi) is 3.01. The lowest BCUT2D eigenvalue weighted by Crippen LogP contribution is -2.15. The number of nitrogens with one attached hydrogen (secondary N) is 1. The van der Waals surface area contributed by atoms with Gasteiger partial charge in [-0.1, -0.05) is 13.8 Å². The molecule has 1 aliphatic rings. The maximum absolute atomic E-state index is 10.9. The van der Waals surface area contributed by atoms with E-state index in [4.69, 9.17) is 0 Å². The number of carbonyl (C=O) groups excluding carboxylic acids is 1. The molecule has 3 nitrogen and oxygen atoms in total. The van der Waals surface area contributed by atoms with Crippen LogP contribution in [0.25, 0.3) is 6.08 Å². The summed E-state index contributed by atoms with van der Waals surface area (Å²) in [6.07, 6.45) is 3.89. The van der Waals surface area contributed by atoms with E-state index in [1.807, 2.05) is 13.8 Å². The normalized spacial score (nSPS) is 20.3. The second-order valence-electron chi connectivity index (χ2n) is 5.71. The van der Waals surface area contributed by atoms with E-state index in [0.717, 1.165) is 35.2 Å². The van der Waals surface area contributed by atoms with Gasteiger partial charge in [0, 0.05) is 28.9 Å². The lowest BCUT2D eigenvalue weighted by molar-refractivity contribution is 0.111. The molecule has 3 heteroatoms. The summed E-state index contributed by atoms with van der Waals surface area (Å²) in [5.41, 5.74) is 6.22. The van der Waals surface area contributed by atoms with Crippen LogP contribution in [0.1, 0.15) is 54.5 Å². The highest BCUT2D eigenvalue weighted by molar-refractivity contribution is 5.91. The van der Waals surface area contributed by atoms with E-state index in [1.54, 1.807) is 0 Å². The van der Waals surface area contributed by atoms with Gasteiger partial charge in [0.25, 0.3) is 0 Å². The van der Waals surface area contributed by atoms with E-state index in [0.29, 0.717) is 5.69 Å². The average molecular weight is 244 g/mol. The molecule has 1 aromatic heterocycles. The number of aldehydes is 1. The molecule has 0 aliphatic carbocycles. The second kappa shape index (κ2) is 4.23. The van der Waals surface area contributed by atoms with Crippen LogP contribution in [-0.2, 0) is 0 Å². The van der Waals surface area contributed by atoms with Crippen LogP contribution >= 0.6 is 0 Å². The molecule has 0 atom stereocenters. The van der Waals surface area contributed by atoms with E-state index in [9.17, 15) is 4.79 Å². The summed E-state index contributed by atoms with van der Waals surface area (Å²) >= 11 is 0. The van der Waals surface area contributed by atoms with Crippen molar-refractivity contribution in [3.8, 4) is 0 Å². The highest BCUT2D eigenvalue weighted by Gasteiger charge is 2.29. The Bertz CT molecular complexity index is 559. The second-order valence-corrected chi connectivity index (χ2v) is 5.71. The number of nitrogens with zero attached hydrogens (tertiary/aromatic N) is 1. The van der Waals surface area contributed by atoms with Gasteiger partial charge in [0.05, 0.1) is 5.69 Å². The molecular weight excluding hydrogens is 224 g/mol. The molecule has 2 heterocycles. The van der Waals surface area contributed by atoms with Crippen LogP contribution in [0.15, 0.2) is 10.7 Å². The van der Waals surface area contributed by atoms with Crippen molar-refractivity contribution in [2.24, 2.45) is 10.4 Å². The van der Waals surface area contributed by atoms with Crippen LogP contribution in [0.4, 0.5) is 0 Å². The van der Waals surface area contributed by atoms with E-state index in [1.165, 1.54) is 5.71 Å². The van der Waals surface area contributed by atoms with Crippen LogP contribution in [0.5, 0.6) is 0 Å². The summed E-state index contributed by atoms with van der Waals surface area (Å²) in [7, 11) is 0. The molecule has 0 saturated heterocycles. The number of hydrogen-bond donors (Lipinski definition) is 1. The number of allylic oxidation sites excluding steroid dienone is 1. The molecule has 0 aromatic carbocycles. The molecule has 0 bridgehead atoms. The van der Waals surface area contributed by atoms with E-state index < -0.39 is 0 Å². The fourth-order valence-corrected chi connectivity index (χ4v) is 2.24. The van der Waals surface area contributed by atoms with Crippen molar-refractivity contribution < 1.29 is 4.79 Å². The molecule has 0 radical (unpaired) electrons. The Morgan fingerprint density at radius 1 is 1.17 bits per heavy atom. The number of aliphatic imine (C=N–C) groups is 1. The predicted octanol–water partition coefficient (Wildman–Crippen LogP) is 3.68. The summed E-state index contributed by atoms with van der Waals surface area (Å²) in [4.78, 5) is 18.7. The third-order valence-electron chi connectivity index (χ3n) is 3.98. The van der Waals surface area contributed by atoms with Crippen LogP contribution < -0.4 is 0 Å². The van der Waals surface area contributed by atoms with Gasteiger partial charge in [0.1, 0.15) is 0 Å². The standard InChI is InChI=1S/C15H20N2O/c1-9-10(2)14(8-18)17-13(9)6-12-7-15(4,5)11(3)16-12/h6,8,17H,7H2,1-5H3/b12-6+. The first-order valence-corrected chi connectivity index (χ1v) is 6.26. The molecule has 0 amide bonds. The number of H-pyrrole nitrogens is 1. The van der Waals surface area contributed by atoms with Crippen molar-refractivity contribution in [3.05, 3.63) is 28.2 Å². The molecular formula is C15H20N2O. The molecule has 0 fully saturated rings. The number of aromatic nitrogens is 1. The maximum Gasteiger partial charge on any atom is 0.166 e. The number of rotatable bonds is 2. The van der Waals surface area contributed by atoms with E-state index in [2.05, 4.69) is 36.8 Å². The Balaban J connectivity index is 2.39. The minimum absolute atomic E-state index is 0.148. The van der Waals surface area contributed by atoms with Crippen molar-refractivity contribution in [1.82, 2.24) is 4.98 Å². The molecule has 0 spiro atoms. The molecule has 1 aliphatic heterocycles. The van der Waals surface area contributed by atoms with Crippen molar-refractivity contribution in [2.75, 3.05) is 0 Å². The highest BCUT2D eigenvalue weighted by atomic mass is 16.1. The topological polar surface area (TPSA) is 45.2 Å². The Morgan fingerprint density at radius 3 is 2.22 bits per heavy atom. The minimum atomic E-state index is 0.148. The first kappa shape index (κ1) is 12.8. The zero-order valence-corrected chi connectivity index (χ0v) is 11.7. The largest absolute Gasteiger partial charge is 0.352 e. The Hall–Kier alpha value is -1.64. The smallest absolute Gasteiger partial charge is 0.166 e. The van der Waals surface area contributed by atoms with Gasteiger partial charge in [-0.15, -0.1) is 0 Å². The molecule has 18 heavy (non-hydrogen) atoms. The van der Waals surface area contributed by atoms with Crippen molar-refractivity contribution in [3.63, 3.8) is 0 Å². The fraction of sp³-hybridized carbons (Fsp3) is 0.467. The Labute approximate surface area is 108 Å². The van der Waals surface area contributed by atoms with E-state index >= 15 is 0 Å². The van der Waals surface area contributed by atoms with Crippen LogP contribution in [0, 0.1) is 19.3 Å². The first-order chi connectivity index (χ1) is 8.35. The third-order valence-corrected chi connectivity index (χ3v) is 3.98. The molecule has 1 aromatic rings. The number of carbonyl (C=O) groups is 1. The summed E-state index contributed by atoms with van der Waals surface area (Å²) in [6.45, 7) is 10.5. The molecule has 0 unspecified atom stereocenters. The molecule has 2 rings (SSSR count). The summed E-state index contributed by atoms with van der Waals surface area (Å²) in [6, 6.07) is 0. The highest BCUT2D eigenvalue weighted by Crippen LogP contribution is 2.35. The number of hydrogen-bond acceptors (Lipinski definition) is 2. The van der Waals surface area contributed by atoms with Crippen molar-refractivity contribution in [2.45, 2.75) is 41.0 Å². The Morgan fingerprint density at radius 2 is 1.78 bits per heavy atom. The monoisotopic (exact) mass is 244 g/mol. The van der Waals surface area contributed by atoms with Gasteiger partial charge in [0.15, 0.2) is 6.29 Å². The van der Waals surface area contributed by atoms with Crippen LogP contribution in [0.2, 0.25) is 0 Å². The first-order valence-electron chi connectivity index (χ1n) is 6.26. The van der Waals surface area contributed by atoms with Crippen LogP contribution in [-0.4, -0.2) is 17.0 Å². The van der Waals surface area contributed by atoms with Crippen molar-refractivity contribution in [1.29, 1.82) is 0 Å². The fourth-order valence-electron chi connectivity index (χ4n) is 2.24.